The zero-order valence-corrected chi connectivity index (χ0v) is 16.8. The second-order valence-electron chi connectivity index (χ2n) is 7.16. The highest BCUT2D eigenvalue weighted by Crippen LogP contribution is 2.18. The summed E-state index contributed by atoms with van der Waals surface area (Å²) in [5, 5.41) is 5.75. The van der Waals surface area contributed by atoms with Crippen molar-refractivity contribution in [3.8, 4) is 0 Å². The van der Waals surface area contributed by atoms with Gasteiger partial charge in [-0.15, -0.1) is 0 Å². The van der Waals surface area contributed by atoms with Crippen LogP contribution in [0.5, 0.6) is 0 Å². The molecule has 0 saturated carbocycles. The molecule has 0 aliphatic carbocycles. The molecule has 2 heterocycles. The fourth-order valence-electron chi connectivity index (χ4n) is 3.23. The summed E-state index contributed by atoms with van der Waals surface area (Å²) in [6, 6.07) is 20.7. The third kappa shape index (κ3) is 3.93. The van der Waals surface area contributed by atoms with Crippen molar-refractivity contribution in [3.05, 3.63) is 101 Å². The highest BCUT2D eigenvalue weighted by atomic mass is 16.2. The van der Waals surface area contributed by atoms with Crippen LogP contribution < -0.4 is 10.6 Å². The number of nitrogens with one attached hydrogen (secondary N) is 2. The Balaban J connectivity index is 1.60. The third-order valence-corrected chi connectivity index (χ3v) is 5.03. The van der Waals surface area contributed by atoms with Gasteiger partial charge in [-0.2, -0.15) is 0 Å². The van der Waals surface area contributed by atoms with Gasteiger partial charge in [0, 0.05) is 18.4 Å². The van der Waals surface area contributed by atoms with Crippen LogP contribution in [0.1, 0.15) is 37.8 Å². The van der Waals surface area contributed by atoms with Crippen LogP contribution in [-0.2, 0) is 6.54 Å². The first-order valence-electron chi connectivity index (χ1n) is 9.71. The van der Waals surface area contributed by atoms with Gasteiger partial charge in [0.15, 0.2) is 5.69 Å². The van der Waals surface area contributed by atoms with Crippen LogP contribution in [-0.4, -0.2) is 21.2 Å². The van der Waals surface area contributed by atoms with Gasteiger partial charge in [-0.25, -0.2) is 4.98 Å². The molecule has 0 unspecified atom stereocenters. The Morgan fingerprint density at radius 2 is 1.67 bits per heavy atom. The van der Waals surface area contributed by atoms with Crippen molar-refractivity contribution in [2.75, 3.05) is 5.32 Å². The zero-order chi connectivity index (χ0) is 21.1. The fraction of sp³-hybridized carbons (Fsp3) is 0.125. The van der Waals surface area contributed by atoms with E-state index in [0.717, 1.165) is 16.7 Å². The van der Waals surface area contributed by atoms with Crippen molar-refractivity contribution in [3.63, 3.8) is 0 Å². The van der Waals surface area contributed by atoms with E-state index < -0.39 is 0 Å². The number of aryl methyl sites for hydroxylation is 2. The molecule has 6 heteroatoms. The Hall–Kier alpha value is -3.93. The molecule has 2 aromatic carbocycles. The van der Waals surface area contributed by atoms with Gasteiger partial charge in [0.2, 0.25) is 5.82 Å². The summed E-state index contributed by atoms with van der Waals surface area (Å²) in [7, 11) is 0. The van der Waals surface area contributed by atoms with E-state index in [1.165, 1.54) is 0 Å². The van der Waals surface area contributed by atoms with Crippen LogP contribution in [0, 0.1) is 13.8 Å². The average Bonchev–Trinajstić information content (AvgIpc) is 3.15. The topological polar surface area (TPSA) is 75.5 Å². The molecular formula is C24H22N4O2. The summed E-state index contributed by atoms with van der Waals surface area (Å²) in [6.07, 6.45) is 1.73. The summed E-state index contributed by atoms with van der Waals surface area (Å²) in [5.41, 5.74) is 4.69. The number of pyridine rings is 1. The first kappa shape index (κ1) is 19.4. The summed E-state index contributed by atoms with van der Waals surface area (Å²) in [5.74, 6) is -0.527. The van der Waals surface area contributed by atoms with E-state index in [0.29, 0.717) is 17.7 Å². The number of imidazole rings is 1. The van der Waals surface area contributed by atoms with Gasteiger partial charge >= 0.3 is 0 Å². The monoisotopic (exact) mass is 398 g/mol. The van der Waals surface area contributed by atoms with E-state index >= 15 is 0 Å². The molecule has 4 aromatic rings. The summed E-state index contributed by atoms with van der Waals surface area (Å²) >= 11 is 0. The number of amides is 2. The van der Waals surface area contributed by atoms with Gasteiger partial charge in [-0.05, 0) is 54.8 Å². The lowest BCUT2D eigenvalue weighted by Gasteiger charge is -2.06. The quantitative estimate of drug-likeness (QED) is 0.531. The minimum Gasteiger partial charge on any atom is -0.345 e. The van der Waals surface area contributed by atoms with Gasteiger partial charge in [-0.1, -0.05) is 42.5 Å². The molecule has 0 atom stereocenters. The van der Waals surface area contributed by atoms with Crippen LogP contribution in [0.4, 0.5) is 5.69 Å². The number of carbonyl (C=O) groups is 2. The third-order valence-electron chi connectivity index (χ3n) is 5.03. The van der Waals surface area contributed by atoms with Crippen molar-refractivity contribution < 1.29 is 9.59 Å². The molecular weight excluding hydrogens is 376 g/mol. The van der Waals surface area contributed by atoms with E-state index in [9.17, 15) is 9.59 Å². The number of carbonyl (C=O) groups excluding carboxylic acids is 2. The van der Waals surface area contributed by atoms with Crippen LogP contribution in [0.3, 0.4) is 0 Å². The van der Waals surface area contributed by atoms with Crippen molar-refractivity contribution in [1.29, 1.82) is 0 Å². The Labute approximate surface area is 174 Å². The summed E-state index contributed by atoms with van der Waals surface area (Å²) < 4.78 is 1.63. The fourth-order valence-corrected chi connectivity index (χ4v) is 3.23. The number of hydrogen-bond donors (Lipinski definition) is 2. The second kappa shape index (κ2) is 8.21. The van der Waals surface area contributed by atoms with Crippen molar-refractivity contribution in [1.82, 2.24) is 14.7 Å². The van der Waals surface area contributed by atoms with Crippen LogP contribution >= 0.6 is 0 Å². The van der Waals surface area contributed by atoms with Crippen LogP contribution in [0.2, 0.25) is 0 Å². The number of anilines is 1. The molecule has 0 aliphatic heterocycles. The SMILES string of the molecule is Cc1ccc(NC(=O)c2nc(C(=O)NCc3ccccc3)n3ccccc23)cc1C. The maximum atomic E-state index is 12.9. The van der Waals surface area contributed by atoms with Gasteiger partial charge < -0.3 is 10.6 Å². The molecule has 30 heavy (non-hydrogen) atoms. The highest BCUT2D eigenvalue weighted by Gasteiger charge is 2.21. The molecule has 0 spiro atoms. The normalized spacial score (nSPS) is 10.7. The number of benzene rings is 2. The van der Waals surface area contributed by atoms with E-state index in [-0.39, 0.29) is 23.3 Å². The van der Waals surface area contributed by atoms with E-state index in [1.807, 2.05) is 68.4 Å². The van der Waals surface area contributed by atoms with Crippen molar-refractivity contribution in [2.45, 2.75) is 20.4 Å². The number of hydrogen-bond acceptors (Lipinski definition) is 3. The van der Waals surface area contributed by atoms with Crippen LogP contribution in [0.25, 0.3) is 5.52 Å². The first-order chi connectivity index (χ1) is 14.5. The molecule has 0 saturated heterocycles. The minimum absolute atomic E-state index is 0.173. The molecule has 2 amide bonds. The number of fused-ring (bicyclic) bond motifs is 1. The molecule has 0 bridgehead atoms. The van der Waals surface area contributed by atoms with Crippen molar-refractivity contribution in [2.24, 2.45) is 0 Å². The maximum Gasteiger partial charge on any atom is 0.287 e. The number of aromatic nitrogens is 2. The highest BCUT2D eigenvalue weighted by molar-refractivity contribution is 6.09. The average molecular weight is 398 g/mol. The Kier molecular flexibility index (Phi) is 5.30. The Morgan fingerprint density at radius 3 is 2.43 bits per heavy atom. The van der Waals surface area contributed by atoms with E-state index in [1.54, 1.807) is 22.7 Å². The molecule has 0 aliphatic rings. The number of rotatable bonds is 5. The Bertz CT molecular complexity index is 1230. The number of nitrogens with zero attached hydrogens (tertiary/aromatic N) is 2. The molecule has 150 valence electrons. The molecule has 6 nitrogen and oxygen atoms in total. The molecule has 0 radical (unpaired) electrons. The zero-order valence-electron chi connectivity index (χ0n) is 16.8. The lowest BCUT2D eigenvalue weighted by atomic mass is 10.1. The van der Waals surface area contributed by atoms with E-state index in [4.69, 9.17) is 0 Å². The van der Waals surface area contributed by atoms with E-state index in [2.05, 4.69) is 15.6 Å². The van der Waals surface area contributed by atoms with Gasteiger partial charge in [0.1, 0.15) is 0 Å². The Morgan fingerprint density at radius 1 is 0.900 bits per heavy atom. The standard InChI is InChI=1S/C24H22N4O2/c1-16-11-12-19(14-17(16)2)26-23(29)21-20-10-6-7-13-28(20)22(27-21)24(30)25-15-18-8-4-3-5-9-18/h3-14H,15H2,1-2H3,(H,25,30)(H,26,29). The second-order valence-corrected chi connectivity index (χ2v) is 7.16. The predicted molar refractivity (Wildman–Crippen MR) is 117 cm³/mol. The summed E-state index contributed by atoms with van der Waals surface area (Å²) in [4.78, 5) is 30.1. The van der Waals surface area contributed by atoms with Crippen molar-refractivity contribution >= 4 is 23.0 Å². The minimum atomic E-state index is -0.357. The van der Waals surface area contributed by atoms with Gasteiger partial charge in [0.25, 0.3) is 11.8 Å². The molecule has 2 aromatic heterocycles. The molecule has 4 rings (SSSR count). The largest absolute Gasteiger partial charge is 0.345 e. The van der Waals surface area contributed by atoms with Crippen LogP contribution in [0.15, 0.2) is 72.9 Å². The maximum absolute atomic E-state index is 12.9. The molecule has 0 fully saturated rings. The van der Waals surface area contributed by atoms with Gasteiger partial charge in [-0.3, -0.25) is 14.0 Å². The lowest BCUT2D eigenvalue weighted by Crippen LogP contribution is -2.25. The smallest absolute Gasteiger partial charge is 0.287 e. The molecule has 2 N–H and O–H groups in total. The lowest BCUT2D eigenvalue weighted by molar-refractivity contribution is 0.0940. The first-order valence-corrected chi connectivity index (χ1v) is 9.71. The summed E-state index contributed by atoms with van der Waals surface area (Å²) in [6.45, 7) is 4.39. The predicted octanol–water partition coefficient (Wildman–Crippen LogP) is 4.13. The van der Waals surface area contributed by atoms with Gasteiger partial charge in [0.05, 0.1) is 5.52 Å².